The van der Waals surface area contributed by atoms with E-state index in [1.54, 1.807) is 37.5 Å². The zero-order valence-electron chi connectivity index (χ0n) is 16.0. The van der Waals surface area contributed by atoms with Crippen LogP contribution in [0.3, 0.4) is 0 Å². The minimum Gasteiger partial charge on any atom is -0.490 e. The highest BCUT2D eigenvalue weighted by atomic mass is 32.2. The van der Waals surface area contributed by atoms with Gasteiger partial charge in [0.15, 0.2) is 11.5 Å². The van der Waals surface area contributed by atoms with Crippen molar-refractivity contribution in [2.75, 3.05) is 13.2 Å². The number of fused-ring (bicyclic) bond motifs is 1. The predicted molar refractivity (Wildman–Crippen MR) is 108 cm³/mol. The molecule has 0 spiro atoms. The summed E-state index contributed by atoms with van der Waals surface area (Å²) in [5, 5.41) is 0. The highest BCUT2D eigenvalue weighted by Crippen LogP contribution is 2.30. The van der Waals surface area contributed by atoms with Crippen LogP contribution >= 0.6 is 0 Å². The van der Waals surface area contributed by atoms with Crippen molar-refractivity contribution in [2.45, 2.75) is 24.8 Å². The number of ether oxygens (including phenoxy) is 2. The molecule has 150 valence electrons. The lowest BCUT2D eigenvalue weighted by atomic mass is 10.1. The summed E-state index contributed by atoms with van der Waals surface area (Å²) < 4.78 is 39.5. The third kappa shape index (κ3) is 4.55. The molecule has 4 rings (SSSR count). The molecular formula is C21H21N3O4S. The molecule has 0 radical (unpaired) electrons. The van der Waals surface area contributed by atoms with Gasteiger partial charge in [-0.25, -0.2) is 23.1 Å². The van der Waals surface area contributed by atoms with Gasteiger partial charge in [0.1, 0.15) is 5.82 Å². The Hall–Kier alpha value is -2.97. The second-order valence-corrected chi connectivity index (χ2v) is 8.47. The molecule has 1 aromatic heterocycles. The maximum atomic E-state index is 12.8. The number of aryl methyl sites for hydroxylation is 1. The fraction of sp³-hybridized carbons (Fsp3) is 0.238. The van der Waals surface area contributed by atoms with Crippen molar-refractivity contribution in [1.82, 2.24) is 14.7 Å². The molecule has 0 aliphatic carbocycles. The first-order valence-electron chi connectivity index (χ1n) is 9.28. The Kier molecular flexibility index (Phi) is 5.46. The molecule has 2 heterocycles. The number of rotatable bonds is 5. The molecule has 0 atom stereocenters. The molecule has 0 fully saturated rings. The number of hydrogen-bond donors (Lipinski definition) is 1. The van der Waals surface area contributed by atoms with Crippen molar-refractivity contribution in [3.63, 3.8) is 0 Å². The Labute approximate surface area is 169 Å². The first-order chi connectivity index (χ1) is 14.0. The molecule has 29 heavy (non-hydrogen) atoms. The maximum Gasteiger partial charge on any atom is 0.240 e. The average molecular weight is 411 g/mol. The molecule has 2 aromatic carbocycles. The summed E-state index contributed by atoms with van der Waals surface area (Å²) in [6.45, 7) is 3.14. The molecule has 0 amide bonds. The lowest BCUT2D eigenvalue weighted by Crippen LogP contribution is -2.23. The third-order valence-corrected chi connectivity index (χ3v) is 5.94. The van der Waals surface area contributed by atoms with Crippen LogP contribution in [0.25, 0.3) is 11.1 Å². The molecule has 0 bridgehead atoms. The fourth-order valence-electron chi connectivity index (χ4n) is 2.96. The predicted octanol–water partition coefficient (Wildman–Crippen LogP) is 3.09. The number of nitrogens with zero attached hydrogens (tertiary/aromatic N) is 2. The highest BCUT2D eigenvalue weighted by molar-refractivity contribution is 7.89. The van der Waals surface area contributed by atoms with Crippen molar-refractivity contribution < 1.29 is 17.9 Å². The Bertz CT molecular complexity index is 1120. The van der Waals surface area contributed by atoms with Gasteiger partial charge >= 0.3 is 0 Å². The van der Waals surface area contributed by atoms with Crippen LogP contribution in [-0.4, -0.2) is 31.6 Å². The fourth-order valence-corrected chi connectivity index (χ4v) is 4.03. The Morgan fingerprint density at radius 2 is 1.72 bits per heavy atom. The molecule has 8 heteroatoms. The van der Waals surface area contributed by atoms with Gasteiger partial charge in [-0.15, -0.1) is 0 Å². The molecule has 1 aliphatic heterocycles. The molecule has 0 saturated heterocycles. The van der Waals surface area contributed by atoms with Crippen molar-refractivity contribution in [3.05, 3.63) is 66.2 Å². The second-order valence-electron chi connectivity index (χ2n) is 6.70. The van der Waals surface area contributed by atoms with Crippen LogP contribution in [0.15, 0.2) is 59.8 Å². The smallest absolute Gasteiger partial charge is 0.240 e. The molecule has 0 saturated carbocycles. The van der Waals surface area contributed by atoms with E-state index >= 15 is 0 Å². The van der Waals surface area contributed by atoms with Gasteiger partial charge in [-0.2, -0.15) is 0 Å². The summed E-state index contributed by atoms with van der Waals surface area (Å²) in [5.41, 5.74) is 2.29. The Balaban J connectivity index is 1.51. The second kappa shape index (κ2) is 8.18. The third-order valence-electron chi connectivity index (χ3n) is 4.54. The van der Waals surface area contributed by atoms with E-state index in [1.165, 1.54) is 0 Å². The SMILES string of the molecule is Cc1ncc(-c2cccc(S(=O)(=O)NCc3ccc4c(c3)OCCCO4)c2)cn1. The first-order valence-corrected chi connectivity index (χ1v) is 10.8. The van der Waals surface area contributed by atoms with Gasteiger partial charge < -0.3 is 9.47 Å². The van der Waals surface area contributed by atoms with Gasteiger partial charge in [0.2, 0.25) is 10.0 Å². The number of hydrogen-bond acceptors (Lipinski definition) is 6. The normalized spacial score (nSPS) is 13.7. The number of benzene rings is 2. The molecule has 0 unspecified atom stereocenters. The first kappa shape index (κ1) is 19.4. The van der Waals surface area contributed by atoms with E-state index in [0.29, 0.717) is 30.5 Å². The quantitative estimate of drug-likeness (QED) is 0.694. The average Bonchev–Trinajstić information content (AvgIpc) is 2.98. The minimum atomic E-state index is -3.69. The summed E-state index contributed by atoms with van der Waals surface area (Å²) >= 11 is 0. The van der Waals surface area contributed by atoms with Gasteiger partial charge in [0.25, 0.3) is 0 Å². The summed E-state index contributed by atoms with van der Waals surface area (Å²) in [6.07, 6.45) is 4.18. The van der Waals surface area contributed by atoms with Crippen LogP contribution in [0.4, 0.5) is 0 Å². The molecule has 7 nitrogen and oxygen atoms in total. The van der Waals surface area contributed by atoms with Gasteiger partial charge in [-0.05, 0) is 42.3 Å². The Morgan fingerprint density at radius 1 is 0.966 bits per heavy atom. The molecule has 1 aliphatic rings. The number of sulfonamides is 1. The van der Waals surface area contributed by atoms with E-state index < -0.39 is 10.0 Å². The van der Waals surface area contributed by atoms with Crippen molar-refractivity contribution >= 4 is 10.0 Å². The lowest BCUT2D eigenvalue weighted by Gasteiger charge is -2.11. The zero-order valence-corrected chi connectivity index (χ0v) is 16.8. The van der Waals surface area contributed by atoms with Crippen molar-refractivity contribution in [1.29, 1.82) is 0 Å². The van der Waals surface area contributed by atoms with Crippen LogP contribution in [-0.2, 0) is 16.6 Å². The number of nitrogens with one attached hydrogen (secondary N) is 1. The lowest BCUT2D eigenvalue weighted by molar-refractivity contribution is 0.297. The summed E-state index contributed by atoms with van der Waals surface area (Å²) in [5.74, 6) is 1.98. The summed E-state index contributed by atoms with van der Waals surface area (Å²) in [4.78, 5) is 8.52. The molecule has 3 aromatic rings. The molecular weight excluding hydrogens is 390 g/mol. The zero-order chi connectivity index (χ0) is 20.3. The van der Waals surface area contributed by atoms with Gasteiger partial charge in [-0.3, -0.25) is 0 Å². The highest BCUT2D eigenvalue weighted by Gasteiger charge is 2.16. The van der Waals surface area contributed by atoms with E-state index in [4.69, 9.17) is 9.47 Å². The summed E-state index contributed by atoms with van der Waals surface area (Å²) in [6, 6.07) is 12.2. The summed E-state index contributed by atoms with van der Waals surface area (Å²) in [7, 11) is -3.69. The van der Waals surface area contributed by atoms with Gasteiger partial charge in [0.05, 0.1) is 18.1 Å². The van der Waals surface area contributed by atoms with E-state index in [1.807, 2.05) is 24.3 Å². The van der Waals surface area contributed by atoms with E-state index in [0.717, 1.165) is 23.1 Å². The standard InChI is InChI=1S/C21H21N3O4S/c1-15-22-13-18(14-23-15)17-4-2-5-19(11-17)29(25,26)24-12-16-6-7-20-21(10-16)28-9-3-8-27-20/h2,4-7,10-11,13-14,24H,3,8-9,12H2,1H3. The number of aromatic nitrogens is 2. The van der Waals surface area contributed by atoms with Gasteiger partial charge in [-0.1, -0.05) is 18.2 Å². The molecule has 1 N–H and O–H groups in total. The van der Waals surface area contributed by atoms with Crippen LogP contribution in [0.2, 0.25) is 0 Å². The minimum absolute atomic E-state index is 0.150. The maximum absolute atomic E-state index is 12.8. The van der Waals surface area contributed by atoms with Crippen molar-refractivity contribution in [2.24, 2.45) is 0 Å². The largest absolute Gasteiger partial charge is 0.490 e. The van der Waals surface area contributed by atoms with Crippen LogP contribution in [0.5, 0.6) is 11.5 Å². The van der Waals surface area contributed by atoms with Crippen LogP contribution < -0.4 is 14.2 Å². The van der Waals surface area contributed by atoms with Crippen molar-refractivity contribution in [3.8, 4) is 22.6 Å². The van der Waals surface area contributed by atoms with E-state index in [9.17, 15) is 8.42 Å². The van der Waals surface area contributed by atoms with Crippen LogP contribution in [0, 0.1) is 6.92 Å². The van der Waals surface area contributed by atoms with E-state index in [-0.39, 0.29) is 11.4 Å². The van der Waals surface area contributed by atoms with E-state index in [2.05, 4.69) is 14.7 Å². The van der Waals surface area contributed by atoms with Gasteiger partial charge in [0, 0.05) is 30.9 Å². The Morgan fingerprint density at radius 3 is 2.52 bits per heavy atom. The van der Waals surface area contributed by atoms with Crippen LogP contribution in [0.1, 0.15) is 17.8 Å². The topological polar surface area (TPSA) is 90.4 Å². The monoisotopic (exact) mass is 411 g/mol.